The van der Waals surface area contributed by atoms with Crippen molar-refractivity contribution in [3.8, 4) is 0 Å². The largest absolute Gasteiger partial charge is 0.463 e. The molecule has 0 aromatic rings. The quantitative estimate of drug-likeness (QED) is 0.223. The molecule has 0 aromatic heterocycles. The first-order chi connectivity index (χ1) is 17.1. The van der Waals surface area contributed by atoms with Gasteiger partial charge in [-0.2, -0.15) is 0 Å². The molecule has 3 atom stereocenters. The molecule has 0 bridgehead atoms. The van der Waals surface area contributed by atoms with Crippen molar-refractivity contribution in [2.24, 2.45) is 32.5 Å². The molecule has 2 saturated heterocycles. The zero-order valence-corrected chi connectivity index (χ0v) is 26.3. The summed E-state index contributed by atoms with van der Waals surface area (Å²) >= 11 is 0. The Hall–Kier alpha value is -1.63. The molecular formula is C31H55NO6. The number of amides is 1. The van der Waals surface area contributed by atoms with E-state index in [1.807, 2.05) is 13.8 Å². The zero-order valence-electron chi connectivity index (χ0n) is 26.3. The molecule has 2 rings (SSSR count). The summed E-state index contributed by atoms with van der Waals surface area (Å²) in [5.74, 6) is -0.343. The number of carbonyl (C=O) groups is 3. The number of rotatable bonds is 12. The van der Waals surface area contributed by atoms with Gasteiger partial charge in [-0.05, 0) is 54.8 Å². The van der Waals surface area contributed by atoms with E-state index in [9.17, 15) is 14.4 Å². The van der Waals surface area contributed by atoms with E-state index in [0.717, 1.165) is 13.0 Å². The predicted molar refractivity (Wildman–Crippen MR) is 149 cm³/mol. The van der Waals surface area contributed by atoms with Crippen molar-refractivity contribution < 1.29 is 28.6 Å². The lowest BCUT2D eigenvalue weighted by atomic mass is 9.47. The molecular weight excluding hydrogens is 482 g/mol. The van der Waals surface area contributed by atoms with Crippen molar-refractivity contribution in [2.75, 3.05) is 32.9 Å². The van der Waals surface area contributed by atoms with Gasteiger partial charge in [0.25, 0.3) is 0 Å². The maximum Gasteiger partial charge on any atom is 0.312 e. The molecule has 0 N–H and O–H groups in total. The maximum absolute atomic E-state index is 13.9. The summed E-state index contributed by atoms with van der Waals surface area (Å²) in [4.78, 5) is 41.3. The lowest BCUT2D eigenvalue weighted by molar-refractivity contribution is -0.182. The number of carbonyl (C=O) groups excluding carboxylic acids is 3. The van der Waals surface area contributed by atoms with Crippen molar-refractivity contribution in [2.45, 2.75) is 115 Å². The van der Waals surface area contributed by atoms with Gasteiger partial charge in [0.15, 0.2) is 0 Å². The Labute approximate surface area is 231 Å². The number of epoxide rings is 1. The fraction of sp³-hybridized carbons (Fsp3) is 0.903. The van der Waals surface area contributed by atoms with Crippen molar-refractivity contribution in [3.05, 3.63) is 0 Å². The van der Waals surface area contributed by atoms with E-state index in [1.54, 1.807) is 4.90 Å². The van der Waals surface area contributed by atoms with Crippen LogP contribution in [0.2, 0.25) is 0 Å². The summed E-state index contributed by atoms with van der Waals surface area (Å²) in [7, 11) is 0. The first-order valence-electron chi connectivity index (χ1n) is 14.3. The van der Waals surface area contributed by atoms with Crippen molar-refractivity contribution in [3.63, 3.8) is 0 Å². The minimum Gasteiger partial charge on any atom is -0.463 e. The summed E-state index contributed by atoms with van der Waals surface area (Å²) in [6.07, 6.45) is 2.59. The number of hydrogen-bond acceptors (Lipinski definition) is 6. The van der Waals surface area contributed by atoms with Gasteiger partial charge in [-0.3, -0.25) is 14.4 Å². The van der Waals surface area contributed by atoms with E-state index in [-0.39, 0.29) is 48.0 Å². The minimum atomic E-state index is -0.839. The SMILES string of the molecule is CC(C)(C)CC(C)(C(=O)OCCN1CCCC1=O)C(C)(C)C(C)(C)CC(C)(C(=O)OCC1CO1)C(C)(C)C. The molecule has 0 radical (unpaired) electrons. The number of esters is 2. The third-order valence-corrected chi connectivity index (χ3v) is 9.88. The Kier molecular flexibility index (Phi) is 9.51. The first kappa shape index (κ1) is 32.6. The van der Waals surface area contributed by atoms with E-state index < -0.39 is 21.7 Å². The van der Waals surface area contributed by atoms with Gasteiger partial charge >= 0.3 is 11.9 Å². The van der Waals surface area contributed by atoms with Crippen LogP contribution in [0, 0.1) is 32.5 Å². The molecule has 220 valence electrons. The van der Waals surface area contributed by atoms with Crippen LogP contribution in [0.3, 0.4) is 0 Å². The van der Waals surface area contributed by atoms with E-state index in [4.69, 9.17) is 14.2 Å². The summed E-state index contributed by atoms with van der Waals surface area (Å²) in [5.41, 5.74) is -3.14. The number of hydrogen-bond donors (Lipinski definition) is 0. The highest BCUT2D eigenvalue weighted by Crippen LogP contribution is 2.61. The fourth-order valence-electron chi connectivity index (χ4n) is 5.94. The fourth-order valence-corrected chi connectivity index (χ4v) is 5.94. The van der Waals surface area contributed by atoms with Crippen LogP contribution in [0.4, 0.5) is 0 Å². The number of likely N-dealkylation sites (tertiary alicyclic amines) is 1. The molecule has 2 fully saturated rings. The lowest BCUT2D eigenvalue weighted by Gasteiger charge is -2.56. The molecule has 0 aliphatic carbocycles. The molecule has 38 heavy (non-hydrogen) atoms. The average molecular weight is 538 g/mol. The van der Waals surface area contributed by atoms with Gasteiger partial charge in [-0.15, -0.1) is 0 Å². The Balaban J connectivity index is 2.34. The van der Waals surface area contributed by atoms with E-state index in [2.05, 4.69) is 69.2 Å². The molecule has 7 heteroatoms. The second-order valence-electron chi connectivity index (χ2n) is 15.5. The first-order valence-corrected chi connectivity index (χ1v) is 14.3. The third kappa shape index (κ3) is 7.11. The molecule has 0 saturated carbocycles. The van der Waals surface area contributed by atoms with Gasteiger partial charge in [0.1, 0.15) is 19.3 Å². The summed E-state index contributed by atoms with van der Waals surface area (Å²) in [6, 6.07) is 0. The van der Waals surface area contributed by atoms with E-state index >= 15 is 0 Å². The van der Waals surface area contributed by atoms with Crippen molar-refractivity contribution >= 4 is 17.8 Å². The normalized spacial score (nSPS) is 22.1. The molecule has 0 spiro atoms. The highest BCUT2D eigenvalue weighted by Gasteiger charge is 2.60. The summed E-state index contributed by atoms with van der Waals surface area (Å²) < 4.78 is 16.9. The van der Waals surface area contributed by atoms with Crippen LogP contribution < -0.4 is 0 Å². The highest BCUT2D eigenvalue weighted by molar-refractivity contribution is 5.79. The zero-order chi connectivity index (χ0) is 29.4. The van der Waals surface area contributed by atoms with Gasteiger partial charge in [0, 0.05) is 13.0 Å². The second kappa shape index (κ2) is 11.1. The molecule has 1 amide bonds. The van der Waals surface area contributed by atoms with Crippen LogP contribution in [0.25, 0.3) is 0 Å². The van der Waals surface area contributed by atoms with E-state index in [1.165, 1.54) is 0 Å². The van der Waals surface area contributed by atoms with Crippen LogP contribution in [0.15, 0.2) is 0 Å². The Morgan fingerprint density at radius 3 is 1.87 bits per heavy atom. The summed E-state index contributed by atoms with van der Waals surface area (Å²) in [5, 5.41) is 0. The summed E-state index contributed by atoms with van der Waals surface area (Å²) in [6.45, 7) is 27.5. The average Bonchev–Trinajstić information content (AvgIpc) is 3.49. The molecule has 2 aliphatic heterocycles. The molecule has 7 nitrogen and oxygen atoms in total. The van der Waals surface area contributed by atoms with Crippen LogP contribution in [-0.4, -0.2) is 61.8 Å². The van der Waals surface area contributed by atoms with E-state index in [0.29, 0.717) is 32.4 Å². The standard InChI is InChI=1S/C31H55NO6/c1-26(2,3)20-31(12,25(35)36-17-16-32-15-13-14-23(32)33)29(9,10)28(7,8)21-30(11,27(4,5)6)24(34)38-19-22-18-37-22/h22H,13-21H2,1-12H3. The smallest absolute Gasteiger partial charge is 0.312 e. The van der Waals surface area contributed by atoms with Crippen LogP contribution in [0.1, 0.15) is 109 Å². The van der Waals surface area contributed by atoms with Crippen molar-refractivity contribution in [1.82, 2.24) is 4.90 Å². The third-order valence-electron chi connectivity index (χ3n) is 9.88. The Bertz CT molecular complexity index is 876. The Morgan fingerprint density at radius 2 is 1.42 bits per heavy atom. The minimum absolute atomic E-state index is 0.00770. The van der Waals surface area contributed by atoms with Gasteiger partial charge in [0.2, 0.25) is 5.91 Å². The van der Waals surface area contributed by atoms with Crippen LogP contribution in [-0.2, 0) is 28.6 Å². The highest BCUT2D eigenvalue weighted by atomic mass is 16.6. The molecule has 2 heterocycles. The number of ether oxygens (including phenoxy) is 3. The van der Waals surface area contributed by atoms with Crippen molar-refractivity contribution in [1.29, 1.82) is 0 Å². The van der Waals surface area contributed by atoms with Gasteiger partial charge in [0.05, 0.1) is 24.0 Å². The van der Waals surface area contributed by atoms with Crippen LogP contribution in [0.5, 0.6) is 0 Å². The maximum atomic E-state index is 13.9. The van der Waals surface area contributed by atoms with Gasteiger partial charge in [-0.1, -0.05) is 69.2 Å². The van der Waals surface area contributed by atoms with Gasteiger partial charge < -0.3 is 19.1 Å². The lowest BCUT2D eigenvalue weighted by Crippen LogP contribution is -2.56. The predicted octanol–water partition coefficient (Wildman–Crippen LogP) is 6.03. The molecule has 0 aromatic carbocycles. The Morgan fingerprint density at radius 1 is 0.868 bits per heavy atom. The van der Waals surface area contributed by atoms with Gasteiger partial charge in [-0.25, -0.2) is 0 Å². The second-order valence-corrected chi connectivity index (χ2v) is 15.5. The molecule has 2 aliphatic rings. The monoisotopic (exact) mass is 537 g/mol. The van der Waals surface area contributed by atoms with Crippen LogP contribution >= 0.6 is 0 Å². The number of nitrogens with zero attached hydrogens (tertiary/aromatic N) is 1. The molecule has 3 unspecified atom stereocenters. The topological polar surface area (TPSA) is 85.4 Å².